The standard InChI is InChI=1S/C17H23ClN2O2/c1-12-10-20(16(21)22-12)15-5-7-17(11-19,8-6-15)13-3-2-4-14(18)9-13/h2-4,9,12,15H,5-8,10-11,19H2,1H3/t12-,15-,17-/m1/s1. The van der Waals surface area contributed by atoms with Gasteiger partial charge in [-0.15, -0.1) is 0 Å². The number of benzene rings is 1. The first-order valence-corrected chi connectivity index (χ1v) is 8.35. The summed E-state index contributed by atoms with van der Waals surface area (Å²) in [5.74, 6) is 0. The van der Waals surface area contributed by atoms with E-state index in [-0.39, 0.29) is 23.7 Å². The van der Waals surface area contributed by atoms with Crippen LogP contribution in [0.15, 0.2) is 24.3 Å². The third kappa shape index (κ3) is 2.82. The SMILES string of the molecule is C[C@@H]1CN([C@H]2CC[C@](CN)(c3cccc(Cl)c3)CC2)C(=O)O1. The van der Waals surface area contributed by atoms with Crippen LogP contribution in [0.5, 0.6) is 0 Å². The first-order chi connectivity index (χ1) is 10.5. The van der Waals surface area contributed by atoms with Crippen molar-refractivity contribution in [3.05, 3.63) is 34.9 Å². The smallest absolute Gasteiger partial charge is 0.410 e. The number of carbonyl (C=O) groups is 1. The lowest BCUT2D eigenvalue weighted by Gasteiger charge is -2.42. The lowest BCUT2D eigenvalue weighted by Crippen LogP contribution is -2.46. The van der Waals surface area contributed by atoms with E-state index in [9.17, 15) is 4.79 Å². The Morgan fingerprint density at radius 3 is 2.68 bits per heavy atom. The van der Waals surface area contributed by atoms with Crippen LogP contribution < -0.4 is 5.73 Å². The summed E-state index contributed by atoms with van der Waals surface area (Å²) >= 11 is 6.14. The molecular weight excluding hydrogens is 300 g/mol. The second kappa shape index (κ2) is 6.09. The van der Waals surface area contributed by atoms with Crippen LogP contribution in [-0.4, -0.2) is 36.2 Å². The van der Waals surface area contributed by atoms with Crippen molar-refractivity contribution in [2.45, 2.75) is 50.2 Å². The summed E-state index contributed by atoms with van der Waals surface area (Å²) in [4.78, 5) is 13.8. The molecule has 1 saturated carbocycles. The van der Waals surface area contributed by atoms with Crippen LogP contribution in [0.25, 0.3) is 0 Å². The van der Waals surface area contributed by atoms with Gasteiger partial charge in [-0.2, -0.15) is 0 Å². The van der Waals surface area contributed by atoms with Crippen LogP contribution in [0.3, 0.4) is 0 Å². The number of amides is 1. The minimum absolute atomic E-state index is 0.00150. The first-order valence-electron chi connectivity index (χ1n) is 7.97. The topological polar surface area (TPSA) is 55.6 Å². The van der Waals surface area contributed by atoms with Crippen LogP contribution in [0.1, 0.15) is 38.2 Å². The van der Waals surface area contributed by atoms with Crippen molar-refractivity contribution in [2.24, 2.45) is 5.73 Å². The number of halogens is 1. The van der Waals surface area contributed by atoms with Gasteiger partial charge in [0.1, 0.15) is 6.10 Å². The summed E-state index contributed by atoms with van der Waals surface area (Å²) in [6.45, 7) is 3.26. The van der Waals surface area contributed by atoms with Crippen LogP contribution in [0, 0.1) is 0 Å². The van der Waals surface area contributed by atoms with Gasteiger partial charge in [0.05, 0.1) is 6.54 Å². The quantitative estimate of drug-likeness (QED) is 0.928. The molecule has 2 aliphatic rings. The van der Waals surface area contributed by atoms with Gasteiger partial charge in [-0.05, 0) is 50.3 Å². The number of rotatable bonds is 3. The Morgan fingerprint density at radius 2 is 2.14 bits per heavy atom. The number of nitrogens with two attached hydrogens (primary N) is 1. The highest BCUT2D eigenvalue weighted by Crippen LogP contribution is 2.41. The molecule has 1 atom stereocenters. The molecule has 1 saturated heterocycles. The fraction of sp³-hybridized carbons (Fsp3) is 0.588. The molecule has 0 bridgehead atoms. The number of cyclic esters (lactones) is 1. The highest BCUT2D eigenvalue weighted by Gasteiger charge is 2.41. The van der Waals surface area contributed by atoms with Gasteiger partial charge in [-0.3, -0.25) is 0 Å². The Kier molecular flexibility index (Phi) is 4.33. The molecule has 5 heteroatoms. The lowest BCUT2D eigenvalue weighted by atomic mass is 9.68. The third-order valence-corrected chi connectivity index (χ3v) is 5.41. The van der Waals surface area contributed by atoms with E-state index in [1.807, 2.05) is 30.0 Å². The molecule has 1 heterocycles. The van der Waals surface area contributed by atoms with E-state index in [0.717, 1.165) is 30.7 Å². The van der Waals surface area contributed by atoms with Gasteiger partial charge in [0.25, 0.3) is 0 Å². The molecule has 1 amide bonds. The molecule has 1 aromatic carbocycles. The third-order valence-electron chi connectivity index (χ3n) is 5.17. The monoisotopic (exact) mass is 322 g/mol. The van der Waals surface area contributed by atoms with E-state index in [1.165, 1.54) is 5.56 Å². The number of nitrogens with zero attached hydrogens (tertiary/aromatic N) is 1. The Hall–Kier alpha value is -1.26. The molecule has 3 rings (SSSR count). The summed E-state index contributed by atoms with van der Waals surface area (Å²) < 4.78 is 5.25. The highest BCUT2D eigenvalue weighted by molar-refractivity contribution is 6.30. The van der Waals surface area contributed by atoms with Gasteiger partial charge in [-0.25, -0.2) is 4.79 Å². The molecule has 4 nitrogen and oxygen atoms in total. The first kappa shape index (κ1) is 15.6. The van der Waals surface area contributed by atoms with Crippen molar-refractivity contribution in [1.82, 2.24) is 4.90 Å². The molecular formula is C17H23ClN2O2. The number of hydrogen-bond donors (Lipinski definition) is 1. The van der Waals surface area contributed by atoms with Gasteiger partial charge in [0, 0.05) is 23.0 Å². The minimum Gasteiger partial charge on any atom is -0.444 e. The van der Waals surface area contributed by atoms with E-state index >= 15 is 0 Å². The van der Waals surface area contributed by atoms with E-state index < -0.39 is 0 Å². The summed E-state index contributed by atoms with van der Waals surface area (Å²) in [6.07, 6.45) is 3.72. The predicted molar refractivity (Wildman–Crippen MR) is 87.1 cm³/mol. The molecule has 2 N–H and O–H groups in total. The predicted octanol–water partition coefficient (Wildman–Crippen LogP) is 3.32. The maximum Gasteiger partial charge on any atom is 0.410 e. The second-order valence-corrected chi connectivity index (χ2v) is 7.01. The van der Waals surface area contributed by atoms with Gasteiger partial charge < -0.3 is 15.4 Å². The minimum atomic E-state index is -0.166. The maximum atomic E-state index is 11.9. The summed E-state index contributed by atoms with van der Waals surface area (Å²) in [7, 11) is 0. The molecule has 0 spiro atoms. The molecule has 0 aromatic heterocycles. The van der Waals surface area contributed by atoms with Crippen LogP contribution >= 0.6 is 11.6 Å². The Labute approximate surface area is 136 Å². The van der Waals surface area contributed by atoms with Gasteiger partial charge in [-0.1, -0.05) is 23.7 Å². The van der Waals surface area contributed by atoms with Gasteiger partial charge in [0.15, 0.2) is 0 Å². The molecule has 0 unspecified atom stereocenters. The van der Waals surface area contributed by atoms with Crippen LogP contribution in [0.4, 0.5) is 4.79 Å². The Morgan fingerprint density at radius 1 is 1.41 bits per heavy atom. The number of ether oxygens (including phenoxy) is 1. The summed E-state index contributed by atoms with van der Waals surface area (Å²) in [6, 6.07) is 8.30. The zero-order chi connectivity index (χ0) is 15.7. The average molecular weight is 323 g/mol. The molecule has 2 fully saturated rings. The second-order valence-electron chi connectivity index (χ2n) is 6.57. The van der Waals surface area contributed by atoms with E-state index in [4.69, 9.17) is 22.1 Å². The van der Waals surface area contributed by atoms with Crippen molar-refractivity contribution in [3.8, 4) is 0 Å². The van der Waals surface area contributed by atoms with E-state index in [1.54, 1.807) is 0 Å². The summed E-state index contributed by atoms with van der Waals surface area (Å²) in [5, 5.41) is 0.754. The Bertz CT molecular complexity index is 555. The molecule has 1 aliphatic carbocycles. The zero-order valence-electron chi connectivity index (χ0n) is 12.9. The van der Waals surface area contributed by atoms with Gasteiger partial charge >= 0.3 is 6.09 Å². The summed E-state index contributed by atoms with van der Waals surface area (Å²) in [5.41, 5.74) is 7.32. The fourth-order valence-electron chi connectivity index (χ4n) is 3.82. The van der Waals surface area contributed by atoms with Crippen LogP contribution in [0.2, 0.25) is 5.02 Å². The van der Waals surface area contributed by atoms with Crippen molar-refractivity contribution in [2.75, 3.05) is 13.1 Å². The van der Waals surface area contributed by atoms with Gasteiger partial charge in [0.2, 0.25) is 0 Å². The molecule has 120 valence electrons. The van der Waals surface area contributed by atoms with Crippen molar-refractivity contribution >= 4 is 17.7 Å². The average Bonchev–Trinajstić information content (AvgIpc) is 2.86. The van der Waals surface area contributed by atoms with E-state index in [2.05, 4.69) is 6.07 Å². The van der Waals surface area contributed by atoms with Crippen molar-refractivity contribution < 1.29 is 9.53 Å². The number of carbonyl (C=O) groups excluding carboxylic acids is 1. The molecule has 22 heavy (non-hydrogen) atoms. The molecule has 0 radical (unpaired) electrons. The Balaban J connectivity index is 1.73. The molecule has 1 aliphatic heterocycles. The molecule has 1 aromatic rings. The van der Waals surface area contributed by atoms with Crippen molar-refractivity contribution in [1.29, 1.82) is 0 Å². The largest absolute Gasteiger partial charge is 0.444 e. The lowest BCUT2D eigenvalue weighted by molar-refractivity contribution is 0.120. The maximum absolute atomic E-state index is 11.9. The normalized spacial score (nSPS) is 32.1. The van der Waals surface area contributed by atoms with E-state index in [0.29, 0.717) is 13.1 Å². The highest BCUT2D eigenvalue weighted by atomic mass is 35.5. The van der Waals surface area contributed by atoms with Crippen LogP contribution in [-0.2, 0) is 10.2 Å². The van der Waals surface area contributed by atoms with Crippen molar-refractivity contribution in [3.63, 3.8) is 0 Å². The zero-order valence-corrected chi connectivity index (χ0v) is 13.7. The fourth-order valence-corrected chi connectivity index (χ4v) is 4.01. The number of hydrogen-bond acceptors (Lipinski definition) is 3.